The molecule has 35 heavy (non-hydrogen) atoms. The number of alkyl halides is 3. The van der Waals surface area contributed by atoms with Gasteiger partial charge >= 0.3 is 6.36 Å². The van der Waals surface area contributed by atoms with Crippen LogP contribution in [0, 0.1) is 0 Å². The van der Waals surface area contributed by atoms with E-state index in [-0.39, 0.29) is 10.7 Å². The number of benzene rings is 3. The summed E-state index contributed by atoms with van der Waals surface area (Å²) < 4.78 is 47.2. The summed E-state index contributed by atoms with van der Waals surface area (Å²) in [7, 11) is 0. The maximum absolute atomic E-state index is 13.1. The lowest BCUT2D eigenvalue weighted by atomic mass is 10.1. The molecule has 11 heteroatoms. The van der Waals surface area contributed by atoms with Gasteiger partial charge in [-0.3, -0.25) is 19.8 Å². The van der Waals surface area contributed by atoms with Gasteiger partial charge < -0.3 is 14.6 Å². The quantitative estimate of drug-likeness (QED) is 0.294. The normalized spacial score (nSPS) is 15.2. The molecule has 0 atom stereocenters. The van der Waals surface area contributed by atoms with Gasteiger partial charge in [-0.25, -0.2) is 0 Å². The van der Waals surface area contributed by atoms with E-state index in [1.54, 1.807) is 36.4 Å². The van der Waals surface area contributed by atoms with Crippen molar-refractivity contribution in [2.45, 2.75) is 6.36 Å². The molecule has 1 aliphatic heterocycles. The molecule has 1 saturated heterocycles. The van der Waals surface area contributed by atoms with E-state index < -0.39 is 35.2 Å². The second kappa shape index (κ2) is 9.47. The minimum Gasteiger partial charge on any atom is -0.507 e. The number of para-hydroxylation sites is 1. The highest BCUT2D eigenvalue weighted by Crippen LogP contribution is 2.31. The van der Waals surface area contributed by atoms with Gasteiger partial charge in [0, 0.05) is 5.56 Å². The molecule has 2 N–H and O–H groups in total. The van der Waals surface area contributed by atoms with Crippen LogP contribution in [0.4, 0.5) is 18.9 Å². The molecule has 1 aliphatic rings. The number of phenolic OH excluding ortho intramolecular Hbond substituents is 1. The summed E-state index contributed by atoms with van der Waals surface area (Å²) in [5.74, 6) is -1.71. The van der Waals surface area contributed by atoms with Gasteiger partial charge in [-0.15, -0.1) is 13.2 Å². The van der Waals surface area contributed by atoms with Gasteiger partial charge in [0.15, 0.2) is 5.11 Å². The van der Waals surface area contributed by atoms with Gasteiger partial charge in [-0.2, -0.15) is 0 Å². The van der Waals surface area contributed by atoms with Crippen molar-refractivity contribution in [1.29, 1.82) is 0 Å². The number of amides is 2. The van der Waals surface area contributed by atoms with Gasteiger partial charge in [0.25, 0.3) is 11.8 Å². The van der Waals surface area contributed by atoms with Crippen molar-refractivity contribution in [3.05, 3.63) is 83.9 Å². The number of carbonyl (C=O) groups is 2. The van der Waals surface area contributed by atoms with Crippen molar-refractivity contribution in [3.8, 4) is 23.0 Å². The van der Waals surface area contributed by atoms with Crippen LogP contribution in [0.15, 0.2) is 78.4 Å². The third-order valence-electron chi connectivity index (χ3n) is 4.71. The lowest BCUT2D eigenvalue weighted by Crippen LogP contribution is -2.54. The monoisotopic (exact) mass is 500 g/mol. The van der Waals surface area contributed by atoms with Crippen molar-refractivity contribution in [2.24, 2.45) is 0 Å². The molecule has 1 heterocycles. The Balaban J connectivity index is 1.61. The standard InChI is InChI=1S/C24H15F3N2O5S/c25-24(26,27)34-18-10-11-20(30)14(12-18)13-19-21(31)28-23(35)29(22(19)32)15-6-8-17(9-7-15)33-16-4-2-1-3-5-16/h1-13,30H,(H,28,31,35)/b19-13+. The van der Waals surface area contributed by atoms with E-state index in [2.05, 4.69) is 10.1 Å². The van der Waals surface area contributed by atoms with Crippen molar-refractivity contribution in [1.82, 2.24) is 5.32 Å². The van der Waals surface area contributed by atoms with E-state index in [4.69, 9.17) is 17.0 Å². The van der Waals surface area contributed by atoms with Crippen LogP contribution < -0.4 is 19.7 Å². The first-order chi connectivity index (χ1) is 16.6. The molecule has 3 aromatic rings. The molecule has 0 aliphatic carbocycles. The van der Waals surface area contributed by atoms with Crippen LogP contribution >= 0.6 is 12.2 Å². The number of nitrogens with zero attached hydrogens (tertiary/aromatic N) is 1. The molecule has 0 aromatic heterocycles. The minimum absolute atomic E-state index is 0.188. The first-order valence-corrected chi connectivity index (χ1v) is 10.3. The van der Waals surface area contributed by atoms with Crippen molar-refractivity contribution in [2.75, 3.05) is 4.90 Å². The largest absolute Gasteiger partial charge is 0.573 e. The number of anilines is 1. The molecule has 0 radical (unpaired) electrons. The zero-order valence-corrected chi connectivity index (χ0v) is 18.4. The third-order valence-corrected chi connectivity index (χ3v) is 4.99. The van der Waals surface area contributed by atoms with E-state index in [9.17, 15) is 27.9 Å². The first-order valence-electron chi connectivity index (χ1n) is 9.94. The molecular formula is C24H15F3N2O5S. The van der Waals surface area contributed by atoms with Crippen molar-refractivity contribution in [3.63, 3.8) is 0 Å². The van der Waals surface area contributed by atoms with Crippen molar-refractivity contribution < 1.29 is 37.3 Å². The van der Waals surface area contributed by atoms with E-state index in [0.29, 0.717) is 17.2 Å². The van der Waals surface area contributed by atoms with E-state index in [1.807, 2.05) is 18.2 Å². The average Bonchev–Trinajstić information content (AvgIpc) is 2.79. The van der Waals surface area contributed by atoms with Gasteiger partial charge in [0.2, 0.25) is 0 Å². The van der Waals surface area contributed by atoms with Gasteiger partial charge in [0.05, 0.1) is 5.69 Å². The molecule has 0 bridgehead atoms. The lowest BCUT2D eigenvalue weighted by molar-refractivity contribution is -0.274. The van der Waals surface area contributed by atoms with Crippen LogP contribution in [-0.2, 0) is 9.59 Å². The van der Waals surface area contributed by atoms with Crippen LogP contribution in [0.5, 0.6) is 23.0 Å². The van der Waals surface area contributed by atoms with Crippen LogP contribution in [-0.4, -0.2) is 28.4 Å². The van der Waals surface area contributed by atoms with E-state index in [1.165, 1.54) is 0 Å². The zero-order chi connectivity index (χ0) is 25.2. The number of hydrogen-bond donors (Lipinski definition) is 2. The highest BCUT2D eigenvalue weighted by Gasteiger charge is 2.35. The maximum Gasteiger partial charge on any atom is 0.573 e. The number of thiocarbonyl (C=S) groups is 1. The Morgan fingerprint density at radius 1 is 0.914 bits per heavy atom. The zero-order valence-electron chi connectivity index (χ0n) is 17.6. The summed E-state index contributed by atoms with van der Waals surface area (Å²) in [5, 5.41) is 12.2. The fourth-order valence-corrected chi connectivity index (χ4v) is 3.46. The fourth-order valence-electron chi connectivity index (χ4n) is 3.18. The lowest BCUT2D eigenvalue weighted by Gasteiger charge is -2.29. The third kappa shape index (κ3) is 5.58. The Morgan fingerprint density at radius 3 is 2.20 bits per heavy atom. The topological polar surface area (TPSA) is 88.1 Å². The Hall–Kier alpha value is -4.38. The predicted molar refractivity (Wildman–Crippen MR) is 124 cm³/mol. The second-order valence-electron chi connectivity index (χ2n) is 7.14. The molecule has 178 valence electrons. The summed E-state index contributed by atoms with van der Waals surface area (Å²) in [6, 6.07) is 18.0. The molecule has 0 spiro atoms. The first kappa shape index (κ1) is 23.8. The Labute approximate surface area is 202 Å². The van der Waals surface area contributed by atoms with Crippen LogP contribution in [0.1, 0.15) is 5.56 Å². The molecule has 1 fully saturated rings. The summed E-state index contributed by atoms with van der Waals surface area (Å²) in [6.07, 6.45) is -4.00. The molecule has 4 rings (SSSR count). The smallest absolute Gasteiger partial charge is 0.507 e. The van der Waals surface area contributed by atoms with Crippen LogP contribution in [0.2, 0.25) is 0 Å². The van der Waals surface area contributed by atoms with E-state index in [0.717, 1.165) is 29.2 Å². The van der Waals surface area contributed by atoms with Gasteiger partial charge in [-0.1, -0.05) is 18.2 Å². The summed E-state index contributed by atoms with van der Waals surface area (Å²) >= 11 is 5.15. The number of ether oxygens (including phenoxy) is 2. The Morgan fingerprint density at radius 2 is 1.54 bits per heavy atom. The predicted octanol–water partition coefficient (Wildman–Crippen LogP) is 4.91. The number of halogens is 3. The number of phenols is 1. The Kier molecular flexibility index (Phi) is 6.43. The Bertz CT molecular complexity index is 1330. The summed E-state index contributed by atoms with van der Waals surface area (Å²) in [5.41, 5.74) is -0.378. The summed E-state index contributed by atoms with van der Waals surface area (Å²) in [6.45, 7) is 0. The number of carbonyl (C=O) groups excluding carboxylic acids is 2. The number of rotatable bonds is 5. The fraction of sp³-hybridized carbons (Fsp3) is 0.0417. The van der Waals surface area contributed by atoms with Gasteiger partial charge in [0.1, 0.15) is 28.6 Å². The number of nitrogens with one attached hydrogen (secondary N) is 1. The molecule has 7 nitrogen and oxygen atoms in total. The number of aromatic hydroxyl groups is 1. The van der Waals surface area contributed by atoms with Crippen LogP contribution in [0.3, 0.4) is 0 Å². The van der Waals surface area contributed by atoms with Gasteiger partial charge in [-0.05, 0) is 72.9 Å². The maximum atomic E-state index is 13.1. The average molecular weight is 500 g/mol. The van der Waals surface area contributed by atoms with Crippen LogP contribution in [0.25, 0.3) is 6.08 Å². The summed E-state index contributed by atoms with van der Waals surface area (Å²) in [4.78, 5) is 26.6. The SMILES string of the molecule is O=C1NC(=S)N(c2ccc(Oc3ccccc3)cc2)C(=O)/C1=C/c1cc(OC(F)(F)F)ccc1O. The molecular weight excluding hydrogens is 485 g/mol. The second-order valence-corrected chi connectivity index (χ2v) is 7.52. The van der Waals surface area contributed by atoms with Crippen molar-refractivity contribution >= 4 is 40.9 Å². The molecule has 0 saturated carbocycles. The molecule has 3 aromatic carbocycles. The molecule has 2 amide bonds. The van der Waals surface area contributed by atoms with E-state index >= 15 is 0 Å². The highest BCUT2D eigenvalue weighted by molar-refractivity contribution is 7.80. The molecule has 0 unspecified atom stereocenters. The minimum atomic E-state index is -4.96. The number of hydrogen-bond acceptors (Lipinski definition) is 6. The highest BCUT2D eigenvalue weighted by atomic mass is 32.1.